The van der Waals surface area contributed by atoms with Crippen LogP contribution in [0.25, 0.3) is 0 Å². The van der Waals surface area contributed by atoms with Gasteiger partial charge in [0, 0.05) is 6.54 Å². The largest absolute Gasteiger partial charge is 0.494 e. The van der Waals surface area contributed by atoms with Crippen molar-refractivity contribution in [3.63, 3.8) is 0 Å². The summed E-state index contributed by atoms with van der Waals surface area (Å²) >= 11 is 1.56. The molecule has 0 fully saturated rings. The molecule has 22 heavy (non-hydrogen) atoms. The highest BCUT2D eigenvalue weighted by Gasteiger charge is 2.09. The van der Waals surface area contributed by atoms with Gasteiger partial charge in [-0.2, -0.15) is 11.3 Å². The SMILES string of the molecule is CCOc1ccc(CC(=O)NCCC(O)c2ccsc2)cc1. The average Bonchev–Trinajstić information content (AvgIpc) is 3.04. The molecule has 2 aromatic rings. The lowest BCUT2D eigenvalue weighted by Crippen LogP contribution is -2.27. The van der Waals surface area contributed by atoms with Crippen molar-refractivity contribution in [1.29, 1.82) is 0 Å². The molecule has 0 spiro atoms. The van der Waals surface area contributed by atoms with Crippen LogP contribution in [-0.2, 0) is 11.2 Å². The summed E-state index contributed by atoms with van der Waals surface area (Å²) in [5.74, 6) is 0.771. The fourth-order valence-corrected chi connectivity index (χ4v) is 2.80. The Morgan fingerprint density at radius 3 is 2.73 bits per heavy atom. The Hall–Kier alpha value is -1.85. The second-order valence-electron chi connectivity index (χ2n) is 4.96. The molecule has 5 heteroatoms. The molecule has 1 aromatic heterocycles. The van der Waals surface area contributed by atoms with Crippen LogP contribution in [0.2, 0.25) is 0 Å². The van der Waals surface area contributed by atoms with Crippen LogP contribution in [-0.4, -0.2) is 24.2 Å². The van der Waals surface area contributed by atoms with E-state index in [9.17, 15) is 9.90 Å². The second-order valence-corrected chi connectivity index (χ2v) is 5.74. The summed E-state index contributed by atoms with van der Waals surface area (Å²) in [6, 6.07) is 9.42. The molecule has 0 saturated carbocycles. The van der Waals surface area contributed by atoms with Crippen molar-refractivity contribution < 1.29 is 14.6 Å². The topological polar surface area (TPSA) is 58.6 Å². The molecule has 2 rings (SSSR count). The molecule has 1 amide bonds. The first-order valence-electron chi connectivity index (χ1n) is 7.37. The highest BCUT2D eigenvalue weighted by atomic mass is 32.1. The van der Waals surface area contributed by atoms with Crippen molar-refractivity contribution in [3.8, 4) is 5.75 Å². The number of carbonyl (C=O) groups is 1. The van der Waals surface area contributed by atoms with E-state index in [2.05, 4.69) is 5.32 Å². The molecule has 118 valence electrons. The molecule has 2 N–H and O–H groups in total. The predicted molar refractivity (Wildman–Crippen MR) is 88.2 cm³/mol. The number of hydrogen-bond acceptors (Lipinski definition) is 4. The van der Waals surface area contributed by atoms with Crippen LogP contribution in [0.1, 0.15) is 30.6 Å². The summed E-state index contributed by atoms with van der Waals surface area (Å²) in [5.41, 5.74) is 1.85. The summed E-state index contributed by atoms with van der Waals surface area (Å²) < 4.78 is 5.36. The van der Waals surface area contributed by atoms with Gasteiger partial charge in [0.25, 0.3) is 0 Å². The van der Waals surface area contributed by atoms with Crippen LogP contribution >= 0.6 is 11.3 Å². The Balaban J connectivity index is 1.71. The third-order valence-electron chi connectivity index (χ3n) is 3.27. The Kier molecular flexibility index (Phi) is 6.43. The van der Waals surface area contributed by atoms with Crippen molar-refractivity contribution in [2.45, 2.75) is 25.9 Å². The number of carbonyl (C=O) groups excluding carboxylic acids is 1. The third-order valence-corrected chi connectivity index (χ3v) is 3.97. The smallest absolute Gasteiger partial charge is 0.224 e. The first kappa shape index (κ1) is 16.5. The molecule has 0 bridgehead atoms. The lowest BCUT2D eigenvalue weighted by Gasteiger charge is -2.10. The van der Waals surface area contributed by atoms with Crippen molar-refractivity contribution >= 4 is 17.2 Å². The normalized spacial score (nSPS) is 11.9. The maximum absolute atomic E-state index is 11.9. The lowest BCUT2D eigenvalue weighted by atomic mass is 10.1. The lowest BCUT2D eigenvalue weighted by molar-refractivity contribution is -0.120. The Morgan fingerprint density at radius 1 is 1.32 bits per heavy atom. The number of rotatable bonds is 8. The summed E-state index contributed by atoms with van der Waals surface area (Å²) in [4.78, 5) is 11.9. The minimum Gasteiger partial charge on any atom is -0.494 e. The van der Waals surface area contributed by atoms with E-state index >= 15 is 0 Å². The van der Waals surface area contributed by atoms with E-state index in [-0.39, 0.29) is 5.91 Å². The molecule has 0 radical (unpaired) electrons. The molecular weight excluding hydrogens is 298 g/mol. The fourth-order valence-electron chi connectivity index (χ4n) is 2.10. The molecule has 1 aromatic carbocycles. The number of benzene rings is 1. The van der Waals surface area contributed by atoms with Gasteiger partial charge in [0.2, 0.25) is 5.91 Å². The van der Waals surface area contributed by atoms with Crippen LogP contribution in [0, 0.1) is 0 Å². The fraction of sp³-hybridized carbons (Fsp3) is 0.353. The van der Waals surface area contributed by atoms with Crippen LogP contribution in [0.15, 0.2) is 41.1 Å². The van der Waals surface area contributed by atoms with Gasteiger partial charge in [-0.25, -0.2) is 0 Å². The maximum atomic E-state index is 11.9. The average molecular weight is 319 g/mol. The van der Waals surface area contributed by atoms with Crippen molar-refractivity contribution in [1.82, 2.24) is 5.32 Å². The van der Waals surface area contributed by atoms with Gasteiger partial charge in [-0.05, 0) is 53.4 Å². The molecule has 1 atom stereocenters. The van der Waals surface area contributed by atoms with Gasteiger partial charge in [0.1, 0.15) is 5.75 Å². The van der Waals surface area contributed by atoms with E-state index < -0.39 is 6.10 Å². The monoisotopic (exact) mass is 319 g/mol. The summed E-state index contributed by atoms with van der Waals surface area (Å²) in [6.45, 7) is 3.03. The number of aliphatic hydroxyl groups is 1. The zero-order valence-electron chi connectivity index (χ0n) is 12.6. The number of nitrogens with one attached hydrogen (secondary N) is 1. The van der Waals surface area contributed by atoms with Gasteiger partial charge in [-0.15, -0.1) is 0 Å². The van der Waals surface area contributed by atoms with Gasteiger partial charge >= 0.3 is 0 Å². The predicted octanol–water partition coefficient (Wildman–Crippen LogP) is 2.93. The molecule has 1 heterocycles. The maximum Gasteiger partial charge on any atom is 0.224 e. The zero-order valence-corrected chi connectivity index (χ0v) is 13.4. The first-order valence-corrected chi connectivity index (χ1v) is 8.32. The van der Waals surface area contributed by atoms with Crippen molar-refractivity contribution in [2.75, 3.05) is 13.2 Å². The molecular formula is C17H21NO3S. The number of thiophene rings is 1. The van der Waals surface area contributed by atoms with E-state index in [1.54, 1.807) is 11.3 Å². The molecule has 0 aliphatic carbocycles. The minimum atomic E-state index is -0.517. The highest BCUT2D eigenvalue weighted by molar-refractivity contribution is 7.07. The molecule has 0 aliphatic heterocycles. The minimum absolute atomic E-state index is 0.0401. The summed E-state index contributed by atoms with van der Waals surface area (Å²) in [5, 5.41) is 16.6. The van der Waals surface area contributed by atoms with Crippen LogP contribution in [0.4, 0.5) is 0 Å². The van der Waals surface area contributed by atoms with E-state index in [0.29, 0.717) is 26.0 Å². The van der Waals surface area contributed by atoms with E-state index in [1.165, 1.54) is 0 Å². The number of amides is 1. The first-order chi connectivity index (χ1) is 10.7. The standard InChI is InChI=1S/C17H21NO3S/c1-2-21-15-5-3-13(4-6-15)11-17(20)18-9-7-16(19)14-8-10-22-12-14/h3-6,8,10,12,16,19H,2,7,9,11H2,1H3,(H,18,20). The Bertz CT molecular complexity index is 566. The molecule has 1 unspecified atom stereocenters. The summed E-state index contributed by atoms with van der Waals surface area (Å²) in [6.07, 6.45) is 0.337. The Morgan fingerprint density at radius 2 is 2.09 bits per heavy atom. The van der Waals surface area contributed by atoms with Gasteiger partial charge in [-0.3, -0.25) is 4.79 Å². The number of aliphatic hydroxyl groups excluding tert-OH is 1. The third kappa shape index (κ3) is 5.16. The van der Waals surface area contributed by atoms with Gasteiger partial charge in [0.15, 0.2) is 0 Å². The molecule has 0 aliphatic rings. The zero-order chi connectivity index (χ0) is 15.8. The van der Waals surface area contributed by atoms with Gasteiger partial charge in [-0.1, -0.05) is 12.1 Å². The van der Waals surface area contributed by atoms with Crippen LogP contribution in [0.5, 0.6) is 5.75 Å². The van der Waals surface area contributed by atoms with E-state index in [1.807, 2.05) is 48.0 Å². The number of ether oxygens (including phenoxy) is 1. The van der Waals surface area contributed by atoms with Gasteiger partial charge < -0.3 is 15.2 Å². The van der Waals surface area contributed by atoms with Crippen molar-refractivity contribution in [3.05, 3.63) is 52.2 Å². The van der Waals surface area contributed by atoms with Gasteiger partial charge in [0.05, 0.1) is 19.1 Å². The Labute approximate surface area is 134 Å². The quantitative estimate of drug-likeness (QED) is 0.786. The highest BCUT2D eigenvalue weighted by Crippen LogP contribution is 2.18. The second kappa shape index (κ2) is 8.56. The van der Waals surface area contributed by atoms with Crippen molar-refractivity contribution in [2.24, 2.45) is 0 Å². The van der Waals surface area contributed by atoms with Crippen LogP contribution in [0.3, 0.4) is 0 Å². The van der Waals surface area contributed by atoms with E-state index in [0.717, 1.165) is 16.9 Å². The number of hydrogen-bond donors (Lipinski definition) is 2. The molecule has 4 nitrogen and oxygen atoms in total. The van der Waals surface area contributed by atoms with Crippen LogP contribution < -0.4 is 10.1 Å². The summed E-state index contributed by atoms with van der Waals surface area (Å²) in [7, 11) is 0. The van der Waals surface area contributed by atoms with E-state index in [4.69, 9.17) is 4.74 Å². The molecule has 0 saturated heterocycles.